The molecular formula is C12H15N. The van der Waals surface area contributed by atoms with Crippen molar-refractivity contribution in [2.45, 2.75) is 13.8 Å². The van der Waals surface area contributed by atoms with Gasteiger partial charge in [0.1, 0.15) is 0 Å². The Morgan fingerprint density at radius 2 is 1.54 bits per heavy atom. The minimum Gasteiger partial charge on any atom is -0.344 e. The summed E-state index contributed by atoms with van der Waals surface area (Å²) in [6, 6.07) is 12.9. The predicted molar refractivity (Wildman–Crippen MR) is 58.4 cm³/mol. The standard InChI is InChI=1S/C12H12.H3N/c1-9-7-8-11-5-3-4-6-12(11)10(9)2;/h3-8H,1-2H3;1H3. The van der Waals surface area contributed by atoms with Crippen LogP contribution in [0, 0.1) is 13.8 Å². The summed E-state index contributed by atoms with van der Waals surface area (Å²) in [6.07, 6.45) is 0. The maximum atomic E-state index is 2.18. The van der Waals surface area contributed by atoms with Crippen molar-refractivity contribution in [2.75, 3.05) is 0 Å². The Bertz CT molecular complexity index is 418. The second-order valence-electron chi connectivity index (χ2n) is 3.23. The Hall–Kier alpha value is -1.34. The highest BCUT2D eigenvalue weighted by Crippen LogP contribution is 2.20. The Morgan fingerprint density at radius 3 is 2.31 bits per heavy atom. The summed E-state index contributed by atoms with van der Waals surface area (Å²) in [5.41, 5.74) is 2.77. The van der Waals surface area contributed by atoms with Gasteiger partial charge in [0.2, 0.25) is 0 Å². The van der Waals surface area contributed by atoms with Crippen molar-refractivity contribution in [1.82, 2.24) is 6.15 Å². The molecular weight excluding hydrogens is 158 g/mol. The van der Waals surface area contributed by atoms with Gasteiger partial charge in [-0.15, -0.1) is 0 Å². The molecule has 0 aliphatic carbocycles. The van der Waals surface area contributed by atoms with Gasteiger partial charge in [0, 0.05) is 0 Å². The molecule has 0 bridgehead atoms. The summed E-state index contributed by atoms with van der Waals surface area (Å²) in [5.74, 6) is 0. The van der Waals surface area contributed by atoms with E-state index in [-0.39, 0.29) is 6.15 Å². The van der Waals surface area contributed by atoms with Crippen LogP contribution in [-0.2, 0) is 0 Å². The third-order valence-electron chi connectivity index (χ3n) is 2.47. The highest BCUT2D eigenvalue weighted by atomic mass is 14.0. The van der Waals surface area contributed by atoms with Crippen molar-refractivity contribution in [3.8, 4) is 0 Å². The molecule has 68 valence electrons. The maximum absolute atomic E-state index is 2.18. The molecule has 0 fully saturated rings. The van der Waals surface area contributed by atoms with Gasteiger partial charge >= 0.3 is 0 Å². The number of rotatable bonds is 0. The van der Waals surface area contributed by atoms with Crippen LogP contribution in [0.3, 0.4) is 0 Å². The molecule has 0 saturated carbocycles. The van der Waals surface area contributed by atoms with Crippen LogP contribution in [0.5, 0.6) is 0 Å². The minimum absolute atomic E-state index is 0. The summed E-state index contributed by atoms with van der Waals surface area (Å²) < 4.78 is 0. The van der Waals surface area contributed by atoms with Gasteiger partial charge in [0.15, 0.2) is 0 Å². The lowest BCUT2D eigenvalue weighted by Crippen LogP contribution is -1.82. The van der Waals surface area contributed by atoms with Crippen LogP contribution in [0.25, 0.3) is 10.8 Å². The molecule has 2 aromatic carbocycles. The highest BCUT2D eigenvalue weighted by Gasteiger charge is 1.97. The quantitative estimate of drug-likeness (QED) is 0.648. The van der Waals surface area contributed by atoms with Crippen molar-refractivity contribution < 1.29 is 0 Å². The molecule has 2 aromatic rings. The second-order valence-corrected chi connectivity index (χ2v) is 3.23. The molecule has 0 aromatic heterocycles. The molecule has 1 nitrogen and oxygen atoms in total. The number of aryl methyl sites for hydroxylation is 2. The zero-order valence-corrected chi connectivity index (χ0v) is 8.17. The number of hydrogen-bond acceptors (Lipinski definition) is 1. The van der Waals surface area contributed by atoms with E-state index in [1.54, 1.807) is 0 Å². The Kier molecular flexibility index (Phi) is 2.69. The van der Waals surface area contributed by atoms with Crippen molar-refractivity contribution in [2.24, 2.45) is 0 Å². The topological polar surface area (TPSA) is 35.0 Å². The van der Waals surface area contributed by atoms with E-state index in [2.05, 4.69) is 50.2 Å². The van der Waals surface area contributed by atoms with Gasteiger partial charge in [-0.2, -0.15) is 0 Å². The number of benzene rings is 2. The SMILES string of the molecule is Cc1ccc2ccccc2c1C.N. The van der Waals surface area contributed by atoms with E-state index in [1.807, 2.05) is 0 Å². The van der Waals surface area contributed by atoms with Gasteiger partial charge in [0.25, 0.3) is 0 Å². The maximum Gasteiger partial charge on any atom is -0.0152 e. The van der Waals surface area contributed by atoms with Gasteiger partial charge < -0.3 is 6.15 Å². The minimum atomic E-state index is 0. The third kappa shape index (κ3) is 1.56. The number of fused-ring (bicyclic) bond motifs is 1. The summed E-state index contributed by atoms with van der Waals surface area (Å²) in [4.78, 5) is 0. The van der Waals surface area contributed by atoms with E-state index in [0.717, 1.165) is 0 Å². The summed E-state index contributed by atoms with van der Waals surface area (Å²) in [5, 5.41) is 2.71. The van der Waals surface area contributed by atoms with Gasteiger partial charge in [-0.1, -0.05) is 36.4 Å². The molecule has 0 aliphatic rings. The Balaban J connectivity index is 0.000000845. The van der Waals surface area contributed by atoms with Crippen LogP contribution in [0.1, 0.15) is 11.1 Å². The fourth-order valence-electron chi connectivity index (χ4n) is 1.54. The molecule has 0 aliphatic heterocycles. The van der Waals surface area contributed by atoms with Gasteiger partial charge in [-0.05, 0) is 35.7 Å². The van der Waals surface area contributed by atoms with E-state index in [0.29, 0.717) is 0 Å². The van der Waals surface area contributed by atoms with E-state index in [1.165, 1.54) is 21.9 Å². The molecule has 0 unspecified atom stereocenters. The number of hydrogen-bond donors (Lipinski definition) is 1. The fourth-order valence-corrected chi connectivity index (χ4v) is 1.54. The van der Waals surface area contributed by atoms with Crippen LogP contribution in [0.15, 0.2) is 36.4 Å². The van der Waals surface area contributed by atoms with Crippen LogP contribution in [0.4, 0.5) is 0 Å². The summed E-state index contributed by atoms with van der Waals surface area (Å²) in [6.45, 7) is 4.33. The lowest BCUT2D eigenvalue weighted by Gasteiger charge is -2.04. The van der Waals surface area contributed by atoms with Gasteiger partial charge in [-0.3, -0.25) is 0 Å². The lowest BCUT2D eigenvalue weighted by atomic mass is 10.0. The third-order valence-corrected chi connectivity index (χ3v) is 2.47. The molecule has 3 N–H and O–H groups in total. The zero-order valence-electron chi connectivity index (χ0n) is 8.17. The van der Waals surface area contributed by atoms with Crippen LogP contribution < -0.4 is 6.15 Å². The van der Waals surface area contributed by atoms with E-state index >= 15 is 0 Å². The zero-order chi connectivity index (χ0) is 8.55. The molecule has 0 amide bonds. The van der Waals surface area contributed by atoms with Crippen molar-refractivity contribution >= 4 is 10.8 Å². The largest absolute Gasteiger partial charge is 0.344 e. The first-order valence-corrected chi connectivity index (χ1v) is 4.24. The average Bonchev–Trinajstić information content (AvgIpc) is 2.12. The van der Waals surface area contributed by atoms with Crippen molar-refractivity contribution in [3.63, 3.8) is 0 Å². The van der Waals surface area contributed by atoms with Crippen LogP contribution in [-0.4, -0.2) is 0 Å². The Labute approximate surface area is 79.0 Å². The smallest absolute Gasteiger partial charge is 0.0152 e. The molecule has 13 heavy (non-hydrogen) atoms. The van der Waals surface area contributed by atoms with Crippen LogP contribution >= 0.6 is 0 Å². The first-order valence-electron chi connectivity index (χ1n) is 4.24. The monoisotopic (exact) mass is 173 g/mol. The van der Waals surface area contributed by atoms with Gasteiger partial charge in [0.05, 0.1) is 0 Å². The molecule has 2 rings (SSSR count). The molecule has 0 spiro atoms. The molecule has 0 heterocycles. The first kappa shape index (κ1) is 9.75. The average molecular weight is 173 g/mol. The molecule has 0 saturated heterocycles. The fraction of sp³-hybridized carbons (Fsp3) is 0.167. The lowest BCUT2D eigenvalue weighted by molar-refractivity contribution is 1.38. The normalized spacial score (nSPS) is 9.69. The van der Waals surface area contributed by atoms with E-state index < -0.39 is 0 Å². The van der Waals surface area contributed by atoms with E-state index in [4.69, 9.17) is 0 Å². The van der Waals surface area contributed by atoms with Crippen molar-refractivity contribution in [1.29, 1.82) is 0 Å². The predicted octanol–water partition coefficient (Wildman–Crippen LogP) is 3.62. The van der Waals surface area contributed by atoms with Gasteiger partial charge in [-0.25, -0.2) is 0 Å². The summed E-state index contributed by atoms with van der Waals surface area (Å²) in [7, 11) is 0. The summed E-state index contributed by atoms with van der Waals surface area (Å²) >= 11 is 0. The second kappa shape index (κ2) is 3.58. The van der Waals surface area contributed by atoms with Crippen molar-refractivity contribution in [3.05, 3.63) is 47.5 Å². The molecule has 1 heteroatoms. The molecule has 0 atom stereocenters. The van der Waals surface area contributed by atoms with Crippen LogP contribution in [0.2, 0.25) is 0 Å². The highest BCUT2D eigenvalue weighted by molar-refractivity contribution is 5.86. The Morgan fingerprint density at radius 1 is 0.846 bits per heavy atom. The first-order chi connectivity index (χ1) is 5.79. The van der Waals surface area contributed by atoms with E-state index in [9.17, 15) is 0 Å². The molecule has 0 radical (unpaired) electrons.